The lowest BCUT2D eigenvalue weighted by molar-refractivity contribution is -0.130. The minimum Gasteiger partial charge on any atom is -0.493 e. The minimum absolute atomic E-state index is 0.159. The van der Waals surface area contributed by atoms with Crippen molar-refractivity contribution >= 4 is 5.91 Å². The number of methoxy groups -OCH3 is 3. The maximum absolute atomic E-state index is 12.4. The maximum Gasteiger partial charge on any atom is 0.264 e. The molecule has 0 saturated heterocycles. The fraction of sp³-hybridized carbons (Fsp3) is 0.316. The summed E-state index contributed by atoms with van der Waals surface area (Å²) in [5.41, 5.74) is 0.760. The molecule has 1 heterocycles. The third-order valence-corrected chi connectivity index (χ3v) is 4.04. The van der Waals surface area contributed by atoms with Crippen molar-refractivity contribution < 1.29 is 28.5 Å². The van der Waals surface area contributed by atoms with Crippen molar-refractivity contribution in [2.24, 2.45) is 0 Å². The molecule has 1 aliphatic heterocycles. The van der Waals surface area contributed by atoms with Crippen LogP contribution in [-0.4, -0.2) is 39.9 Å². The number of rotatable bonds is 6. The summed E-state index contributed by atoms with van der Waals surface area (Å²) in [6.07, 6.45) is -0.712. The summed E-state index contributed by atoms with van der Waals surface area (Å²) >= 11 is 0. The largest absolute Gasteiger partial charge is 0.493 e. The van der Waals surface area contributed by atoms with E-state index in [0.29, 0.717) is 28.7 Å². The van der Waals surface area contributed by atoms with Gasteiger partial charge in [-0.3, -0.25) is 4.79 Å². The quantitative estimate of drug-likeness (QED) is 0.852. The Labute approximate surface area is 151 Å². The van der Waals surface area contributed by atoms with Crippen LogP contribution in [0, 0.1) is 0 Å². The Balaban J connectivity index is 1.69. The molecule has 1 unspecified atom stereocenters. The Morgan fingerprint density at radius 2 is 1.77 bits per heavy atom. The molecule has 3 rings (SSSR count). The molecule has 26 heavy (non-hydrogen) atoms. The van der Waals surface area contributed by atoms with Crippen LogP contribution in [0.3, 0.4) is 0 Å². The molecule has 1 N–H and O–H groups in total. The van der Waals surface area contributed by atoms with Gasteiger partial charge in [-0.15, -0.1) is 0 Å². The maximum atomic E-state index is 12.4. The van der Waals surface area contributed by atoms with Gasteiger partial charge in [-0.25, -0.2) is 0 Å². The molecule has 1 amide bonds. The molecule has 0 radical (unpaired) electrons. The number of amides is 1. The molecule has 0 bridgehead atoms. The number of benzene rings is 2. The van der Waals surface area contributed by atoms with Gasteiger partial charge >= 0.3 is 0 Å². The molecule has 0 saturated carbocycles. The first-order chi connectivity index (χ1) is 12.7. The third kappa shape index (κ3) is 3.46. The molecule has 0 aromatic heterocycles. The van der Waals surface area contributed by atoms with Crippen molar-refractivity contribution in [3.8, 4) is 28.7 Å². The zero-order valence-electron chi connectivity index (χ0n) is 14.9. The van der Waals surface area contributed by atoms with E-state index in [4.69, 9.17) is 23.7 Å². The van der Waals surface area contributed by atoms with E-state index >= 15 is 0 Å². The number of carbonyl (C=O) groups is 1. The van der Waals surface area contributed by atoms with Crippen molar-refractivity contribution in [3.63, 3.8) is 0 Å². The average Bonchev–Trinajstić information content (AvgIpc) is 2.70. The van der Waals surface area contributed by atoms with E-state index in [-0.39, 0.29) is 19.1 Å². The van der Waals surface area contributed by atoms with Crippen LogP contribution < -0.4 is 29.0 Å². The minimum atomic E-state index is -0.712. The van der Waals surface area contributed by atoms with Crippen LogP contribution in [0.1, 0.15) is 5.56 Å². The first kappa shape index (κ1) is 17.7. The fourth-order valence-corrected chi connectivity index (χ4v) is 2.75. The molecule has 1 aliphatic rings. The van der Waals surface area contributed by atoms with E-state index in [2.05, 4.69) is 5.32 Å². The summed E-state index contributed by atoms with van der Waals surface area (Å²) in [5, 5.41) is 2.84. The third-order valence-electron chi connectivity index (χ3n) is 4.04. The van der Waals surface area contributed by atoms with Crippen LogP contribution in [0.5, 0.6) is 28.7 Å². The van der Waals surface area contributed by atoms with Crippen LogP contribution in [0.2, 0.25) is 0 Å². The topological polar surface area (TPSA) is 75.3 Å². The highest BCUT2D eigenvalue weighted by Crippen LogP contribution is 2.39. The van der Waals surface area contributed by atoms with E-state index in [1.807, 2.05) is 18.2 Å². The first-order valence-electron chi connectivity index (χ1n) is 8.12. The zero-order valence-corrected chi connectivity index (χ0v) is 14.9. The lowest BCUT2D eigenvalue weighted by Crippen LogP contribution is -2.43. The number of para-hydroxylation sites is 2. The summed E-state index contributed by atoms with van der Waals surface area (Å²) in [4.78, 5) is 12.4. The number of hydrogen-bond donors (Lipinski definition) is 1. The summed E-state index contributed by atoms with van der Waals surface area (Å²) in [7, 11) is 4.63. The van der Waals surface area contributed by atoms with E-state index in [0.717, 1.165) is 5.56 Å². The second kappa shape index (κ2) is 7.86. The lowest BCUT2D eigenvalue weighted by atomic mass is 10.1. The number of carbonyl (C=O) groups excluding carboxylic acids is 1. The van der Waals surface area contributed by atoms with Crippen molar-refractivity contribution in [1.82, 2.24) is 5.32 Å². The molecule has 0 spiro atoms. The Kier molecular flexibility index (Phi) is 5.36. The Morgan fingerprint density at radius 3 is 2.46 bits per heavy atom. The fourth-order valence-electron chi connectivity index (χ4n) is 2.75. The molecular formula is C19H21NO6. The van der Waals surface area contributed by atoms with Gasteiger partial charge in [0.15, 0.2) is 23.0 Å². The van der Waals surface area contributed by atoms with Crippen LogP contribution in [0.15, 0.2) is 36.4 Å². The van der Waals surface area contributed by atoms with Gasteiger partial charge in [-0.2, -0.15) is 0 Å². The molecule has 0 aliphatic carbocycles. The highest BCUT2D eigenvalue weighted by molar-refractivity contribution is 5.81. The van der Waals surface area contributed by atoms with Crippen LogP contribution >= 0.6 is 0 Å². The van der Waals surface area contributed by atoms with Gasteiger partial charge in [-0.1, -0.05) is 12.1 Å². The highest BCUT2D eigenvalue weighted by atomic mass is 16.6. The van der Waals surface area contributed by atoms with Gasteiger partial charge < -0.3 is 29.0 Å². The summed E-state index contributed by atoms with van der Waals surface area (Å²) < 4.78 is 27.3. The molecule has 2 aromatic carbocycles. The van der Waals surface area contributed by atoms with Crippen molar-refractivity contribution in [2.75, 3.05) is 27.9 Å². The predicted molar refractivity (Wildman–Crippen MR) is 94.3 cm³/mol. The zero-order chi connectivity index (χ0) is 18.5. The van der Waals surface area contributed by atoms with Crippen LogP contribution in [-0.2, 0) is 11.3 Å². The molecule has 138 valence electrons. The summed E-state index contributed by atoms with van der Waals surface area (Å²) in [6.45, 7) is 0.412. The van der Waals surface area contributed by atoms with E-state index in [1.165, 1.54) is 14.2 Å². The van der Waals surface area contributed by atoms with Gasteiger partial charge in [0, 0.05) is 12.1 Å². The van der Waals surface area contributed by atoms with Crippen molar-refractivity contribution in [3.05, 3.63) is 42.0 Å². The standard InChI is InChI=1S/C19H21NO6/c1-22-15-9-8-12(17(23-2)18(15)24-3)10-20-19(21)16-11-25-13-6-4-5-7-14(13)26-16/h4-9,16H,10-11H2,1-3H3,(H,20,21). The normalized spacial score (nSPS) is 15.1. The van der Waals surface area contributed by atoms with Gasteiger partial charge in [-0.05, 0) is 24.3 Å². The van der Waals surface area contributed by atoms with Crippen molar-refractivity contribution in [1.29, 1.82) is 0 Å². The SMILES string of the molecule is COc1ccc(CNC(=O)C2COc3ccccc3O2)c(OC)c1OC. The van der Waals surface area contributed by atoms with E-state index in [9.17, 15) is 4.79 Å². The molecule has 2 aromatic rings. The van der Waals surface area contributed by atoms with Gasteiger partial charge in [0.05, 0.1) is 21.3 Å². The highest BCUT2D eigenvalue weighted by Gasteiger charge is 2.27. The number of hydrogen-bond acceptors (Lipinski definition) is 6. The summed E-state index contributed by atoms with van der Waals surface area (Å²) in [5.74, 6) is 2.48. The number of fused-ring (bicyclic) bond motifs is 1. The van der Waals surface area contributed by atoms with Crippen LogP contribution in [0.25, 0.3) is 0 Å². The Morgan fingerprint density at radius 1 is 1.04 bits per heavy atom. The first-order valence-corrected chi connectivity index (χ1v) is 8.12. The number of nitrogens with one attached hydrogen (secondary N) is 1. The van der Waals surface area contributed by atoms with Gasteiger partial charge in [0.25, 0.3) is 5.91 Å². The van der Waals surface area contributed by atoms with Crippen molar-refractivity contribution in [2.45, 2.75) is 12.6 Å². The average molecular weight is 359 g/mol. The second-order valence-corrected chi connectivity index (χ2v) is 5.58. The van der Waals surface area contributed by atoms with E-state index < -0.39 is 6.10 Å². The van der Waals surface area contributed by atoms with Gasteiger partial charge in [0.2, 0.25) is 11.9 Å². The number of ether oxygens (including phenoxy) is 5. The van der Waals surface area contributed by atoms with E-state index in [1.54, 1.807) is 25.3 Å². The smallest absolute Gasteiger partial charge is 0.264 e. The summed E-state index contributed by atoms with van der Waals surface area (Å²) in [6, 6.07) is 10.8. The van der Waals surface area contributed by atoms with Crippen LogP contribution in [0.4, 0.5) is 0 Å². The molecule has 7 heteroatoms. The monoisotopic (exact) mass is 359 g/mol. The Hall–Kier alpha value is -3.09. The molecular weight excluding hydrogens is 338 g/mol. The molecule has 1 atom stereocenters. The second-order valence-electron chi connectivity index (χ2n) is 5.58. The van der Waals surface area contributed by atoms with Gasteiger partial charge in [0.1, 0.15) is 6.61 Å². The predicted octanol–water partition coefficient (Wildman–Crippen LogP) is 2.17. The molecule has 7 nitrogen and oxygen atoms in total. The lowest BCUT2D eigenvalue weighted by Gasteiger charge is -2.25. The Bertz CT molecular complexity index is 792. The molecule has 0 fully saturated rings.